The zero-order valence-corrected chi connectivity index (χ0v) is 18.0. The van der Waals surface area contributed by atoms with Gasteiger partial charge in [-0.15, -0.1) is 0 Å². The highest BCUT2D eigenvalue weighted by Crippen LogP contribution is 2.37. The Kier molecular flexibility index (Phi) is 7.49. The third-order valence-corrected chi connectivity index (χ3v) is 5.23. The zero-order valence-electron chi connectivity index (χ0n) is 18.0. The number of halogens is 6. The number of pyridine rings is 1. The lowest BCUT2D eigenvalue weighted by atomic mass is 9.97. The van der Waals surface area contributed by atoms with Gasteiger partial charge < -0.3 is 10.6 Å². The molecule has 184 valence electrons. The number of aromatic nitrogens is 1. The second kappa shape index (κ2) is 10.00. The van der Waals surface area contributed by atoms with Crippen molar-refractivity contribution in [1.29, 1.82) is 0 Å². The van der Waals surface area contributed by atoms with Gasteiger partial charge in [0, 0.05) is 31.1 Å². The van der Waals surface area contributed by atoms with Crippen LogP contribution in [0.1, 0.15) is 66.3 Å². The number of rotatable bonds is 6. The Morgan fingerprint density at radius 2 is 1.85 bits per heavy atom. The first-order chi connectivity index (χ1) is 15.9. The summed E-state index contributed by atoms with van der Waals surface area (Å²) >= 11 is 0. The molecular weight excluding hydrogens is 466 g/mol. The smallest absolute Gasteiger partial charge is 0.352 e. The lowest BCUT2D eigenvalue weighted by molar-refractivity contribution is -0.139. The molecule has 2 atom stereocenters. The fraction of sp³-hybridized carbons (Fsp3) is 0.409. The lowest BCUT2D eigenvalue weighted by Gasteiger charge is -2.33. The van der Waals surface area contributed by atoms with E-state index < -0.39 is 41.6 Å². The highest BCUT2D eigenvalue weighted by molar-refractivity contribution is 5.78. The Morgan fingerprint density at radius 1 is 1.12 bits per heavy atom. The molecule has 1 saturated heterocycles. The van der Waals surface area contributed by atoms with Crippen molar-refractivity contribution >= 4 is 11.8 Å². The van der Waals surface area contributed by atoms with Crippen LogP contribution in [0.2, 0.25) is 0 Å². The molecule has 1 aliphatic heterocycles. The molecule has 0 radical (unpaired) electrons. The quantitative estimate of drug-likeness (QED) is 0.527. The van der Waals surface area contributed by atoms with Crippen molar-refractivity contribution in [3.63, 3.8) is 0 Å². The molecule has 1 fully saturated rings. The maximum atomic E-state index is 13.7. The van der Waals surface area contributed by atoms with Crippen LogP contribution in [0.15, 0.2) is 36.5 Å². The number of carbonyl (C=O) groups excluding carboxylic acids is 2. The van der Waals surface area contributed by atoms with E-state index in [-0.39, 0.29) is 36.6 Å². The number of amides is 2. The van der Waals surface area contributed by atoms with Crippen LogP contribution in [0.5, 0.6) is 0 Å². The van der Waals surface area contributed by atoms with E-state index in [0.717, 1.165) is 18.2 Å². The summed E-state index contributed by atoms with van der Waals surface area (Å²) in [6, 6.07) is 4.31. The van der Waals surface area contributed by atoms with Crippen LogP contribution in [-0.4, -0.2) is 16.8 Å². The topological polar surface area (TPSA) is 83.1 Å². The molecule has 1 aromatic heterocycles. The molecule has 2 unspecified atom stereocenters. The highest BCUT2D eigenvalue weighted by atomic mass is 19.4. The molecular formula is C22H22F6N4O2. The summed E-state index contributed by atoms with van der Waals surface area (Å²) in [5.74, 6) is -0.841. The molecule has 6 nitrogen and oxygen atoms in total. The largest absolute Gasteiger partial charge is 0.417 e. The van der Waals surface area contributed by atoms with Crippen molar-refractivity contribution in [1.82, 2.24) is 20.9 Å². The molecule has 2 aromatic rings. The third kappa shape index (κ3) is 6.25. The minimum absolute atomic E-state index is 0.00543. The molecule has 34 heavy (non-hydrogen) atoms. The van der Waals surface area contributed by atoms with Crippen LogP contribution in [0.3, 0.4) is 0 Å². The number of alkyl halides is 6. The SMILES string of the molecule is CCCC(=O)NCc1ccc(C(F)(F)F)c(C2NC(=O)CC(c3ccc(C(F)(F)F)cn3)N2)c1. The Bertz CT molecular complexity index is 1040. The molecule has 0 bridgehead atoms. The van der Waals surface area contributed by atoms with E-state index in [2.05, 4.69) is 20.9 Å². The normalized spacial score (nSPS) is 19.0. The van der Waals surface area contributed by atoms with E-state index in [9.17, 15) is 35.9 Å². The fourth-order valence-corrected chi connectivity index (χ4v) is 3.58. The zero-order chi connectivity index (χ0) is 25.1. The first-order valence-corrected chi connectivity index (χ1v) is 10.4. The molecule has 0 spiro atoms. The van der Waals surface area contributed by atoms with Gasteiger partial charge in [0.1, 0.15) is 6.17 Å². The average molecular weight is 488 g/mol. The van der Waals surface area contributed by atoms with Crippen LogP contribution in [0.4, 0.5) is 26.3 Å². The predicted octanol–water partition coefficient (Wildman–Crippen LogP) is 4.38. The molecule has 2 amide bonds. The van der Waals surface area contributed by atoms with Crippen LogP contribution < -0.4 is 16.0 Å². The van der Waals surface area contributed by atoms with Gasteiger partial charge in [0.05, 0.1) is 22.9 Å². The second-order valence-corrected chi connectivity index (χ2v) is 7.84. The van der Waals surface area contributed by atoms with E-state index in [4.69, 9.17) is 0 Å². The van der Waals surface area contributed by atoms with Crippen LogP contribution in [0, 0.1) is 0 Å². The molecule has 3 N–H and O–H groups in total. The average Bonchev–Trinajstić information content (AvgIpc) is 2.76. The Morgan fingerprint density at radius 3 is 2.44 bits per heavy atom. The van der Waals surface area contributed by atoms with E-state index in [1.165, 1.54) is 12.1 Å². The maximum Gasteiger partial charge on any atom is 0.417 e. The summed E-state index contributed by atoms with van der Waals surface area (Å²) < 4.78 is 79.5. The number of nitrogens with zero attached hydrogens (tertiary/aromatic N) is 1. The van der Waals surface area contributed by atoms with E-state index in [0.29, 0.717) is 18.2 Å². The van der Waals surface area contributed by atoms with Gasteiger partial charge in [-0.1, -0.05) is 13.0 Å². The standard InChI is InChI=1S/C22H22F6N4O2/c1-2-3-18(33)30-10-12-4-6-15(22(26,27)28)14(8-12)20-31-17(9-19(34)32-20)16-7-5-13(11-29-16)21(23,24)25/h4-8,11,17,20,31H,2-3,9-10H2,1H3,(H,30,33)(H,32,34). The van der Waals surface area contributed by atoms with Gasteiger partial charge in [0.15, 0.2) is 0 Å². The van der Waals surface area contributed by atoms with Gasteiger partial charge in [-0.25, -0.2) is 0 Å². The van der Waals surface area contributed by atoms with Crippen LogP contribution in [-0.2, 0) is 28.5 Å². The third-order valence-electron chi connectivity index (χ3n) is 5.23. The monoisotopic (exact) mass is 488 g/mol. The molecule has 0 aliphatic carbocycles. The van der Waals surface area contributed by atoms with Gasteiger partial charge >= 0.3 is 12.4 Å². The summed E-state index contributed by atoms with van der Waals surface area (Å²) in [4.78, 5) is 27.8. The molecule has 3 rings (SSSR count). The van der Waals surface area contributed by atoms with E-state index in [1.54, 1.807) is 0 Å². The van der Waals surface area contributed by atoms with Crippen LogP contribution >= 0.6 is 0 Å². The van der Waals surface area contributed by atoms with Crippen molar-refractivity contribution in [3.8, 4) is 0 Å². The molecule has 2 heterocycles. The molecule has 12 heteroatoms. The second-order valence-electron chi connectivity index (χ2n) is 7.84. The lowest BCUT2D eigenvalue weighted by Crippen LogP contribution is -2.47. The molecule has 0 saturated carbocycles. The van der Waals surface area contributed by atoms with Gasteiger partial charge in [0.2, 0.25) is 11.8 Å². The first-order valence-electron chi connectivity index (χ1n) is 10.4. The van der Waals surface area contributed by atoms with Gasteiger partial charge in [-0.05, 0) is 36.2 Å². The Balaban J connectivity index is 1.89. The predicted molar refractivity (Wildman–Crippen MR) is 109 cm³/mol. The van der Waals surface area contributed by atoms with Crippen molar-refractivity contribution in [2.24, 2.45) is 0 Å². The van der Waals surface area contributed by atoms with Crippen molar-refractivity contribution in [3.05, 3.63) is 64.5 Å². The van der Waals surface area contributed by atoms with Crippen molar-refractivity contribution < 1.29 is 35.9 Å². The first kappa shape index (κ1) is 25.5. The summed E-state index contributed by atoms with van der Waals surface area (Å²) in [5.41, 5.74) is -1.78. The Hall–Kier alpha value is -3.15. The van der Waals surface area contributed by atoms with E-state index >= 15 is 0 Å². The Labute approximate surface area is 191 Å². The highest BCUT2D eigenvalue weighted by Gasteiger charge is 2.38. The van der Waals surface area contributed by atoms with Gasteiger partial charge in [-0.3, -0.25) is 19.9 Å². The minimum Gasteiger partial charge on any atom is -0.352 e. The maximum absolute atomic E-state index is 13.7. The fourth-order valence-electron chi connectivity index (χ4n) is 3.58. The minimum atomic E-state index is -4.73. The number of carbonyl (C=O) groups is 2. The molecule has 1 aromatic carbocycles. The van der Waals surface area contributed by atoms with Crippen molar-refractivity contribution in [2.45, 2.75) is 57.3 Å². The van der Waals surface area contributed by atoms with Gasteiger partial charge in [0.25, 0.3) is 0 Å². The molecule has 1 aliphatic rings. The number of hydrogen-bond acceptors (Lipinski definition) is 4. The van der Waals surface area contributed by atoms with Crippen molar-refractivity contribution in [2.75, 3.05) is 0 Å². The van der Waals surface area contributed by atoms with E-state index in [1.807, 2.05) is 6.92 Å². The van der Waals surface area contributed by atoms with Gasteiger partial charge in [-0.2, -0.15) is 26.3 Å². The number of benzene rings is 1. The summed E-state index contributed by atoms with van der Waals surface area (Å²) in [7, 11) is 0. The number of nitrogens with one attached hydrogen (secondary N) is 3. The summed E-state index contributed by atoms with van der Waals surface area (Å²) in [6.45, 7) is 1.81. The van der Waals surface area contributed by atoms with Crippen LogP contribution in [0.25, 0.3) is 0 Å². The number of hydrogen-bond donors (Lipinski definition) is 3. The summed E-state index contributed by atoms with van der Waals surface area (Å²) in [6.07, 6.45) is -9.33. The summed E-state index contributed by atoms with van der Waals surface area (Å²) in [5, 5.41) is 7.90.